The molecule has 0 N–H and O–H groups in total. The standard InChI is InChI=1S/C15H21ClN2O4S/c1-4-18-10-11(7-15(18)19)9-17(2)23(20,21)14-8-12(16)5-6-13(14)22-3/h5-6,8,11H,4,7,9-10H2,1-3H3. The van der Waals surface area contributed by atoms with Crippen LogP contribution < -0.4 is 4.74 Å². The predicted molar refractivity (Wildman–Crippen MR) is 88.2 cm³/mol. The van der Waals surface area contributed by atoms with Gasteiger partial charge in [0, 0.05) is 38.1 Å². The average molecular weight is 361 g/mol. The maximum atomic E-state index is 12.8. The van der Waals surface area contributed by atoms with Crippen molar-refractivity contribution in [2.24, 2.45) is 5.92 Å². The van der Waals surface area contributed by atoms with E-state index < -0.39 is 10.0 Å². The number of rotatable bonds is 6. The molecule has 0 aromatic heterocycles. The summed E-state index contributed by atoms with van der Waals surface area (Å²) < 4.78 is 31.9. The second-order valence-electron chi connectivity index (χ2n) is 5.58. The van der Waals surface area contributed by atoms with E-state index in [0.717, 1.165) is 0 Å². The van der Waals surface area contributed by atoms with Gasteiger partial charge in [0.05, 0.1) is 7.11 Å². The maximum Gasteiger partial charge on any atom is 0.246 e. The van der Waals surface area contributed by atoms with Crippen molar-refractivity contribution < 1.29 is 17.9 Å². The van der Waals surface area contributed by atoms with Crippen LogP contribution in [0.25, 0.3) is 0 Å². The molecule has 8 heteroatoms. The van der Waals surface area contributed by atoms with E-state index in [4.69, 9.17) is 16.3 Å². The minimum Gasteiger partial charge on any atom is -0.495 e. The molecule has 0 spiro atoms. The smallest absolute Gasteiger partial charge is 0.246 e. The summed E-state index contributed by atoms with van der Waals surface area (Å²) in [7, 11) is -0.817. The zero-order chi connectivity index (χ0) is 17.2. The number of carbonyl (C=O) groups is 1. The summed E-state index contributed by atoms with van der Waals surface area (Å²) in [6.07, 6.45) is 0.375. The third-order valence-corrected chi connectivity index (χ3v) is 6.09. The Labute approximate surface area is 142 Å². The quantitative estimate of drug-likeness (QED) is 0.776. The first-order valence-electron chi connectivity index (χ1n) is 7.37. The molecule has 1 saturated heterocycles. The normalized spacial score (nSPS) is 18.7. The summed E-state index contributed by atoms with van der Waals surface area (Å²) in [4.78, 5) is 13.6. The van der Waals surface area contributed by atoms with Crippen LogP contribution in [0.15, 0.2) is 23.1 Å². The summed E-state index contributed by atoms with van der Waals surface area (Å²) in [6, 6.07) is 4.49. The molecule has 1 aromatic rings. The van der Waals surface area contributed by atoms with E-state index in [0.29, 0.717) is 24.5 Å². The van der Waals surface area contributed by atoms with Gasteiger partial charge in [0.2, 0.25) is 15.9 Å². The zero-order valence-corrected chi connectivity index (χ0v) is 15.0. The number of likely N-dealkylation sites (tertiary alicyclic amines) is 1. The lowest BCUT2D eigenvalue weighted by Gasteiger charge is -2.22. The van der Waals surface area contributed by atoms with E-state index in [1.54, 1.807) is 11.0 Å². The third kappa shape index (κ3) is 3.79. The first-order valence-corrected chi connectivity index (χ1v) is 9.19. The molecule has 1 unspecified atom stereocenters. The molecule has 1 atom stereocenters. The fraction of sp³-hybridized carbons (Fsp3) is 0.533. The van der Waals surface area contributed by atoms with Crippen LogP contribution in [0.1, 0.15) is 13.3 Å². The molecule has 128 valence electrons. The monoisotopic (exact) mass is 360 g/mol. The van der Waals surface area contributed by atoms with Gasteiger partial charge in [0.15, 0.2) is 0 Å². The van der Waals surface area contributed by atoms with Gasteiger partial charge in [-0.25, -0.2) is 12.7 Å². The van der Waals surface area contributed by atoms with Crippen LogP contribution in [-0.2, 0) is 14.8 Å². The first-order chi connectivity index (χ1) is 10.8. The molecular formula is C15H21ClN2O4S. The minimum atomic E-state index is -3.74. The lowest BCUT2D eigenvalue weighted by Crippen LogP contribution is -2.33. The van der Waals surface area contributed by atoms with Crippen LogP contribution in [0, 0.1) is 5.92 Å². The van der Waals surface area contributed by atoms with Crippen LogP contribution in [0.3, 0.4) is 0 Å². The molecule has 0 aliphatic carbocycles. The number of hydrogen-bond acceptors (Lipinski definition) is 4. The van der Waals surface area contributed by atoms with E-state index in [-0.39, 0.29) is 29.0 Å². The van der Waals surface area contributed by atoms with Gasteiger partial charge in [-0.3, -0.25) is 4.79 Å². The topological polar surface area (TPSA) is 66.9 Å². The van der Waals surface area contributed by atoms with Gasteiger partial charge in [-0.1, -0.05) is 11.6 Å². The van der Waals surface area contributed by atoms with Gasteiger partial charge in [-0.05, 0) is 31.0 Å². The molecule has 1 heterocycles. The summed E-state index contributed by atoms with van der Waals surface area (Å²) in [6.45, 7) is 3.42. The Morgan fingerprint density at radius 2 is 2.13 bits per heavy atom. The van der Waals surface area contributed by atoms with Crippen molar-refractivity contribution in [2.75, 3.05) is 33.8 Å². The number of methoxy groups -OCH3 is 1. The fourth-order valence-electron chi connectivity index (χ4n) is 2.76. The van der Waals surface area contributed by atoms with Crippen molar-refractivity contribution >= 4 is 27.5 Å². The van der Waals surface area contributed by atoms with Crippen molar-refractivity contribution in [1.82, 2.24) is 9.21 Å². The first kappa shape index (κ1) is 18.0. The lowest BCUT2D eigenvalue weighted by molar-refractivity contribution is -0.127. The van der Waals surface area contributed by atoms with Crippen LogP contribution in [-0.4, -0.2) is 57.3 Å². The summed E-state index contributed by atoms with van der Waals surface area (Å²) in [5.41, 5.74) is 0. The highest BCUT2D eigenvalue weighted by Crippen LogP contribution is 2.30. The number of ether oxygens (including phenoxy) is 1. The van der Waals surface area contributed by atoms with Crippen LogP contribution >= 0.6 is 11.6 Å². The van der Waals surface area contributed by atoms with Gasteiger partial charge in [-0.2, -0.15) is 0 Å². The van der Waals surface area contributed by atoms with Crippen molar-refractivity contribution in [3.63, 3.8) is 0 Å². The zero-order valence-electron chi connectivity index (χ0n) is 13.5. The second kappa shape index (κ2) is 7.07. The van der Waals surface area contributed by atoms with E-state index in [1.165, 1.54) is 30.6 Å². The van der Waals surface area contributed by atoms with Gasteiger partial charge in [-0.15, -0.1) is 0 Å². The number of amides is 1. The lowest BCUT2D eigenvalue weighted by atomic mass is 10.1. The fourth-order valence-corrected chi connectivity index (χ4v) is 4.42. The van der Waals surface area contributed by atoms with Crippen LogP contribution in [0.2, 0.25) is 5.02 Å². The number of nitrogens with zero attached hydrogens (tertiary/aromatic N) is 2. The number of sulfonamides is 1. The highest BCUT2D eigenvalue weighted by molar-refractivity contribution is 7.89. The minimum absolute atomic E-state index is 0.00703. The van der Waals surface area contributed by atoms with Crippen molar-refractivity contribution in [3.05, 3.63) is 23.2 Å². The summed E-state index contributed by atoms with van der Waals surface area (Å²) in [5, 5.41) is 0.325. The van der Waals surface area contributed by atoms with E-state index >= 15 is 0 Å². The number of halogens is 1. The Morgan fingerprint density at radius 3 is 2.70 bits per heavy atom. The molecule has 1 fully saturated rings. The molecular weight excluding hydrogens is 340 g/mol. The molecule has 1 amide bonds. The van der Waals surface area contributed by atoms with Gasteiger partial charge < -0.3 is 9.64 Å². The molecule has 1 aliphatic rings. The molecule has 2 rings (SSSR count). The highest BCUT2D eigenvalue weighted by Gasteiger charge is 2.33. The number of carbonyl (C=O) groups excluding carboxylic acids is 1. The molecule has 1 aromatic carbocycles. The Balaban J connectivity index is 2.20. The Morgan fingerprint density at radius 1 is 1.43 bits per heavy atom. The molecule has 0 saturated carbocycles. The Hall–Kier alpha value is -1.31. The van der Waals surface area contributed by atoms with E-state index in [2.05, 4.69) is 0 Å². The van der Waals surface area contributed by atoms with Crippen molar-refractivity contribution in [1.29, 1.82) is 0 Å². The molecule has 6 nitrogen and oxygen atoms in total. The van der Waals surface area contributed by atoms with Crippen molar-refractivity contribution in [3.8, 4) is 5.75 Å². The van der Waals surface area contributed by atoms with Crippen LogP contribution in [0.5, 0.6) is 5.75 Å². The second-order valence-corrected chi connectivity index (χ2v) is 8.03. The number of hydrogen-bond donors (Lipinski definition) is 0. The summed E-state index contributed by atoms with van der Waals surface area (Å²) in [5.74, 6) is 0.315. The van der Waals surface area contributed by atoms with Gasteiger partial charge in [0.1, 0.15) is 10.6 Å². The van der Waals surface area contributed by atoms with Crippen LogP contribution in [0.4, 0.5) is 0 Å². The van der Waals surface area contributed by atoms with E-state index in [1.807, 2.05) is 6.92 Å². The summed E-state index contributed by atoms with van der Waals surface area (Å²) >= 11 is 5.92. The SMILES string of the molecule is CCN1CC(CN(C)S(=O)(=O)c2cc(Cl)ccc2OC)CC1=O. The number of benzene rings is 1. The maximum absolute atomic E-state index is 12.8. The van der Waals surface area contributed by atoms with Crippen molar-refractivity contribution in [2.45, 2.75) is 18.2 Å². The van der Waals surface area contributed by atoms with Gasteiger partial charge >= 0.3 is 0 Å². The highest BCUT2D eigenvalue weighted by atomic mass is 35.5. The predicted octanol–water partition coefficient (Wildman–Crippen LogP) is 1.84. The van der Waals surface area contributed by atoms with E-state index in [9.17, 15) is 13.2 Å². The molecule has 0 bridgehead atoms. The molecule has 23 heavy (non-hydrogen) atoms. The molecule has 0 radical (unpaired) electrons. The Bertz CT molecular complexity index is 693. The largest absolute Gasteiger partial charge is 0.495 e. The Kier molecular flexibility index (Phi) is 5.54. The third-order valence-electron chi connectivity index (χ3n) is 4.01. The average Bonchev–Trinajstić information content (AvgIpc) is 2.86. The van der Waals surface area contributed by atoms with Gasteiger partial charge in [0.25, 0.3) is 0 Å². The molecule has 1 aliphatic heterocycles.